The second kappa shape index (κ2) is 8.90. The Labute approximate surface area is 181 Å². The molecule has 1 N–H and O–H groups in total. The molecule has 3 aromatic rings. The number of ether oxygens (including phenoxy) is 1. The van der Waals surface area contributed by atoms with Gasteiger partial charge in [-0.15, -0.1) is 11.3 Å². The van der Waals surface area contributed by atoms with E-state index in [2.05, 4.69) is 41.3 Å². The Morgan fingerprint density at radius 3 is 2.43 bits per heavy atom. The van der Waals surface area contributed by atoms with Gasteiger partial charge in [0.15, 0.2) is 0 Å². The molecule has 1 aliphatic heterocycles. The molecule has 2 heterocycles. The van der Waals surface area contributed by atoms with Crippen LogP contribution in [0.5, 0.6) is 5.75 Å². The maximum absolute atomic E-state index is 12.7. The molecule has 1 aromatic heterocycles. The number of nitrogens with one attached hydrogen (secondary N) is 1. The molecule has 4 rings (SSSR count). The smallest absolute Gasteiger partial charge is 0.265 e. The Morgan fingerprint density at radius 1 is 1.07 bits per heavy atom. The first kappa shape index (κ1) is 20.4. The van der Waals surface area contributed by atoms with Crippen LogP contribution in [0.2, 0.25) is 0 Å². The van der Waals surface area contributed by atoms with Crippen molar-refractivity contribution in [3.8, 4) is 16.2 Å². The number of hydrogen-bond acceptors (Lipinski definition) is 5. The third-order valence-corrected chi connectivity index (χ3v) is 6.72. The fourth-order valence-corrected chi connectivity index (χ4v) is 4.62. The minimum absolute atomic E-state index is 0.0821. The average molecular weight is 422 g/mol. The summed E-state index contributed by atoms with van der Waals surface area (Å²) in [5.74, 6) is 0.740. The predicted molar refractivity (Wildman–Crippen MR) is 125 cm³/mol. The molecular weight excluding hydrogens is 394 g/mol. The number of rotatable bonds is 6. The highest BCUT2D eigenvalue weighted by atomic mass is 32.1. The second-order valence-electron chi connectivity index (χ2n) is 7.75. The molecule has 0 radical (unpaired) electrons. The lowest BCUT2D eigenvalue weighted by Gasteiger charge is -2.22. The number of thiophene rings is 1. The van der Waals surface area contributed by atoms with Gasteiger partial charge in [0.25, 0.3) is 5.91 Å². The van der Waals surface area contributed by atoms with Crippen LogP contribution in [0.15, 0.2) is 60.7 Å². The monoisotopic (exact) mass is 421 g/mol. The fourth-order valence-electron chi connectivity index (χ4n) is 3.72. The van der Waals surface area contributed by atoms with Gasteiger partial charge in [-0.1, -0.05) is 0 Å². The van der Waals surface area contributed by atoms with E-state index >= 15 is 0 Å². The molecule has 6 heteroatoms. The van der Waals surface area contributed by atoms with Crippen LogP contribution in [-0.4, -0.2) is 51.1 Å². The van der Waals surface area contributed by atoms with Gasteiger partial charge in [-0.3, -0.25) is 4.79 Å². The number of carbonyl (C=O) groups excluding carboxylic acids is 1. The summed E-state index contributed by atoms with van der Waals surface area (Å²) in [6.45, 7) is 2.11. The van der Waals surface area contributed by atoms with E-state index in [4.69, 9.17) is 4.74 Å². The molecule has 2 aromatic carbocycles. The second-order valence-corrected chi connectivity index (χ2v) is 8.83. The molecule has 1 saturated heterocycles. The van der Waals surface area contributed by atoms with Crippen LogP contribution in [0.25, 0.3) is 10.4 Å². The molecule has 1 fully saturated rings. The standard InChI is InChI=1S/C24H27N3O2S/c1-26(2)20-14-15-27(16-20)19-8-6-18(7-9-19)25-24(28)23-13-12-22(30-23)17-4-10-21(29-3)11-5-17/h4-13,20H,14-16H2,1-3H3,(H,25,28). The Bertz CT molecular complexity index is 996. The number of likely N-dealkylation sites (N-methyl/N-ethyl adjacent to an activating group) is 1. The highest BCUT2D eigenvalue weighted by Crippen LogP contribution is 2.30. The molecule has 5 nitrogen and oxygen atoms in total. The summed E-state index contributed by atoms with van der Waals surface area (Å²) in [5.41, 5.74) is 3.09. The van der Waals surface area contributed by atoms with Crippen molar-refractivity contribution in [2.75, 3.05) is 44.5 Å². The normalized spacial score (nSPS) is 16.1. The number of methoxy groups -OCH3 is 1. The third kappa shape index (κ3) is 4.50. The maximum Gasteiger partial charge on any atom is 0.265 e. The average Bonchev–Trinajstić information content (AvgIpc) is 3.45. The Hall–Kier alpha value is -2.83. The number of carbonyl (C=O) groups is 1. The first-order chi connectivity index (χ1) is 14.5. The fraction of sp³-hybridized carbons (Fsp3) is 0.292. The van der Waals surface area contributed by atoms with Gasteiger partial charge in [0, 0.05) is 35.4 Å². The molecule has 1 unspecified atom stereocenters. The van der Waals surface area contributed by atoms with Gasteiger partial charge in [0.1, 0.15) is 5.75 Å². The topological polar surface area (TPSA) is 44.8 Å². The lowest BCUT2D eigenvalue weighted by Crippen LogP contribution is -2.31. The molecule has 1 atom stereocenters. The SMILES string of the molecule is COc1ccc(-c2ccc(C(=O)Nc3ccc(N4CCC(N(C)C)C4)cc3)s2)cc1. The molecule has 1 aliphatic rings. The summed E-state index contributed by atoms with van der Waals surface area (Å²) < 4.78 is 5.21. The van der Waals surface area contributed by atoms with Gasteiger partial charge in [-0.05, 0) is 86.7 Å². The summed E-state index contributed by atoms with van der Waals surface area (Å²) in [4.78, 5) is 19.1. The summed E-state index contributed by atoms with van der Waals surface area (Å²) in [6, 6.07) is 20.5. The molecule has 0 aliphatic carbocycles. The number of amides is 1. The zero-order valence-electron chi connectivity index (χ0n) is 17.6. The summed E-state index contributed by atoms with van der Waals surface area (Å²) in [6.07, 6.45) is 1.18. The highest BCUT2D eigenvalue weighted by Gasteiger charge is 2.24. The Balaban J connectivity index is 1.39. The minimum Gasteiger partial charge on any atom is -0.497 e. The van der Waals surface area contributed by atoms with Crippen molar-refractivity contribution < 1.29 is 9.53 Å². The van der Waals surface area contributed by atoms with E-state index in [1.807, 2.05) is 48.5 Å². The lowest BCUT2D eigenvalue weighted by molar-refractivity contribution is 0.103. The van der Waals surface area contributed by atoms with Crippen molar-refractivity contribution in [2.24, 2.45) is 0 Å². The molecule has 0 spiro atoms. The number of benzene rings is 2. The molecule has 30 heavy (non-hydrogen) atoms. The molecule has 0 saturated carbocycles. The van der Waals surface area contributed by atoms with Crippen LogP contribution in [0, 0.1) is 0 Å². The van der Waals surface area contributed by atoms with E-state index in [-0.39, 0.29) is 5.91 Å². The van der Waals surface area contributed by atoms with Gasteiger partial charge < -0.3 is 19.9 Å². The minimum atomic E-state index is -0.0821. The number of nitrogens with zero attached hydrogens (tertiary/aromatic N) is 2. The van der Waals surface area contributed by atoms with Gasteiger partial charge in [-0.2, -0.15) is 0 Å². The van der Waals surface area contributed by atoms with Crippen molar-refractivity contribution >= 4 is 28.6 Å². The van der Waals surface area contributed by atoms with Crippen LogP contribution in [0.3, 0.4) is 0 Å². The van der Waals surface area contributed by atoms with E-state index in [0.717, 1.165) is 35.0 Å². The highest BCUT2D eigenvalue weighted by molar-refractivity contribution is 7.17. The van der Waals surface area contributed by atoms with Gasteiger partial charge >= 0.3 is 0 Å². The largest absolute Gasteiger partial charge is 0.497 e. The first-order valence-corrected chi connectivity index (χ1v) is 10.9. The van der Waals surface area contributed by atoms with E-state index in [9.17, 15) is 4.79 Å². The zero-order valence-corrected chi connectivity index (χ0v) is 18.4. The van der Waals surface area contributed by atoms with Crippen LogP contribution >= 0.6 is 11.3 Å². The molecule has 0 bridgehead atoms. The first-order valence-electron chi connectivity index (χ1n) is 10.1. The molecule has 156 valence electrons. The summed E-state index contributed by atoms with van der Waals surface area (Å²) >= 11 is 1.49. The molecular formula is C24H27N3O2S. The quantitative estimate of drug-likeness (QED) is 0.620. The number of hydrogen-bond donors (Lipinski definition) is 1. The van der Waals surface area contributed by atoms with Crippen LogP contribution in [0.1, 0.15) is 16.1 Å². The van der Waals surface area contributed by atoms with Crippen molar-refractivity contribution in [1.29, 1.82) is 0 Å². The third-order valence-electron chi connectivity index (χ3n) is 5.59. The zero-order chi connectivity index (χ0) is 21.1. The lowest BCUT2D eigenvalue weighted by atomic mass is 10.2. The van der Waals surface area contributed by atoms with Crippen LogP contribution < -0.4 is 15.0 Å². The van der Waals surface area contributed by atoms with E-state index < -0.39 is 0 Å². The van der Waals surface area contributed by atoms with E-state index in [0.29, 0.717) is 10.9 Å². The summed E-state index contributed by atoms with van der Waals surface area (Å²) in [5, 5.41) is 3.01. The van der Waals surface area contributed by atoms with Crippen molar-refractivity contribution in [2.45, 2.75) is 12.5 Å². The van der Waals surface area contributed by atoms with Gasteiger partial charge in [-0.25, -0.2) is 0 Å². The summed E-state index contributed by atoms with van der Waals surface area (Å²) in [7, 11) is 5.93. The Kier molecular flexibility index (Phi) is 6.06. The van der Waals surface area contributed by atoms with Crippen molar-refractivity contribution in [3.63, 3.8) is 0 Å². The van der Waals surface area contributed by atoms with Gasteiger partial charge in [0.2, 0.25) is 0 Å². The number of anilines is 2. The van der Waals surface area contributed by atoms with E-state index in [1.165, 1.54) is 23.4 Å². The van der Waals surface area contributed by atoms with Crippen LogP contribution in [0.4, 0.5) is 11.4 Å². The van der Waals surface area contributed by atoms with E-state index in [1.54, 1.807) is 7.11 Å². The van der Waals surface area contributed by atoms with Crippen LogP contribution in [-0.2, 0) is 0 Å². The molecule has 1 amide bonds. The van der Waals surface area contributed by atoms with Crippen molar-refractivity contribution in [3.05, 3.63) is 65.5 Å². The van der Waals surface area contributed by atoms with Crippen molar-refractivity contribution in [1.82, 2.24) is 4.90 Å². The van der Waals surface area contributed by atoms with Gasteiger partial charge in [0.05, 0.1) is 12.0 Å². The Morgan fingerprint density at radius 2 is 1.80 bits per heavy atom. The maximum atomic E-state index is 12.7. The predicted octanol–water partition coefficient (Wildman–Crippen LogP) is 4.82.